The number of amides is 1. The van der Waals surface area contributed by atoms with E-state index in [-0.39, 0.29) is 16.3 Å². The first-order chi connectivity index (χ1) is 13.6. The average Bonchev–Trinajstić information content (AvgIpc) is 2.66. The molecule has 3 rings (SSSR count). The predicted octanol–water partition coefficient (Wildman–Crippen LogP) is 5.01. The Morgan fingerprint density at radius 2 is 1.69 bits per heavy atom. The number of nitrogens with one attached hydrogen (secondary N) is 1. The third kappa shape index (κ3) is 4.78. The molecule has 0 aromatic heterocycles. The molecule has 0 atom stereocenters. The first-order valence-electron chi connectivity index (χ1n) is 8.20. The normalized spacial score (nSPS) is 11.3. The number of alkyl halides is 3. The Balaban J connectivity index is 1.70. The molecule has 1 amide bonds. The lowest BCUT2D eigenvalue weighted by Gasteiger charge is -2.14. The van der Waals surface area contributed by atoms with Gasteiger partial charge in [0, 0.05) is 5.02 Å². The van der Waals surface area contributed by atoms with E-state index in [9.17, 15) is 27.9 Å². The van der Waals surface area contributed by atoms with Gasteiger partial charge in [-0.15, -0.1) is 0 Å². The zero-order chi connectivity index (χ0) is 21.2. The number of hydrogen-bond donors (Lipinski definition) is 2. The number of phenolic OH excluding ortho intramolecular Hbond substituents is 1. The Hall–Kier alpha value is -3.26. The molecule has 29 heavy (non-hydrogen) atoms. The Morgan fingerprint density at radius 3 is 2.34 bits per heavy atom. The second-order valence-electron chi connectivity index (χ2n) is 6.03. The third-order valence-corrected chi connectivity index (χ3v) is 4.21. The maximum absolute atomic E-state index is 13.1. The molecular weight excluding hydrogens is 411 g/mol. The first-order valence-corrected chi connectivity index (χ1v) is 8.58. The van der Waals surface area contributed by atoms with Gasteiger partial charge in [-0.05, 0) is 41.1 Å². The molecular formula is C20H13ClF3NO4. The van der Waals surface area contributed by atoms with Crippen LogP contribution in [0, 0.1) is 0 Å². The van der Waals surface area contributed by atoms with Crippen LogP contribution in [0.5, 0.6) is 5.75 Å². The van der Waals surface area contributed by atoms with E-state index in [4.69, 9.17) is 16.3 Å². The van der Waals surface area contributed by atoms with Crippen molar-refractivity contribution in [2.24, 2.45) is 0 Å². The lowest BCUT2D eigenvalue weighted by atomic mass is 10.1. The van der Waals surface area contributed by atoms with E-state index in [0.717, 1.165) is 6.07 Å². The van der Waals surface area contributed by atoms with Gasteiger partial charge >= 0.3 is 12.1 Å². The van der Waals surface area contributed by atoms with Crippen LogP contribution in [0.3, 0.4) is 0 Å². The maximum Gasteiger partial charge on any atom is 0.418 e. The van der Waals surface area contributed by atoms with E-state index >= 15 is 0 Å². The fourth-order valence-corrected chi connectivity index (χ4v) is 2.82. The fourth-order valence-electron chi connectivity index (χ4n) is 2.65. The first kappa shape index (κ1) is 20.5. The van der Waals surface area contributed by atoms with Crippen molar-refractivity contribution in [3.63, 3.8) is 0 Å². The molecule has 0 radical (unpaired) electrons. The van der Waals surface area contributed by atoms with Gasteiger partial charge in [-0.25, -0.2) is 4.79 Å². The minimum atomic E-state index is -4.74. The van der Waals surface area contributed by atoms with Crippen molar-refractivity contribution in [2.45, 2.75) is 6.18 Å². The number of phenols is 1. The highest BCUT2D eigenvalue weighted by atomic mass is 35.5. The van der Waals surface area contributed by atoms with E-state index in [1.165, 1.54) is 18.2 Å². The largest absolute Gasteiger partial charge is 0.507 e. The number of hydrogen-bond acceptors (Lipinski definition) is 4. The lowest BCUT2D eigenvalue weighted by molar-refractivity contribution is -0.137. The lowest BCUT2D eigenvalue weighted by Crippen LogP contribution is -2.22. The Kier molecular flexibility index (Phi) is 5.65. The number of esters is 1. The molecule has 0 spiro atoms. The quantitative estimate of drug-likeness (QED) is 0.578. The highest BCUT2D eigenvalue weighted by molar-refractivity contribution is 6.30. The number of aromatic hydroxyl groups is 1. The summed E-state index contributed by atoms with van der Waals surface area (Å²) in [7, 11) is 0. The van der Waals surface area contributed by atoms with Crippen LogP contribution in [-0.4, -0.2) is 23.6 Å². The highest BCUT2D eigenvalue weighted by Crippen LogP contribution is 2.36. The van der Waals surface area contributed by atoms with E-state index in [1.54, 1.807) is 24.3 Å². The fraction of sp³-hybridized carbons (Fsp3) is 0.100. The Bertz CT molecular complexity index is 1100. The summed E-state index contributed by atoms with van der Waals surface area (Å²) in [6.45, 7) is -0.842. The number of rotatable bonds is 4. The van der Waals surface area contributed by atoms with Crippen LogP contribution in [0.2, 0.25) is 5.02 Å². The zero-order valence-corrected chi connectivity index (χ0v) is 15.3. The second-order valence-corrected chi connectivity index (χ2v) is 6.46. The topological polar surface area (TPSA) is 75.6 Å². The number of ether oxygens (including phenoxy) is 1. The van der Waals surface area contributed by atoms with Gasteiger partial charge in [0.2, 0.25) is 0 Å². The predicted molar refractivity (Wildman–Crippen MR) is 101 cm³/mol. The maximum atomic E-state index is 13.1. The number of benzene rings is 3. The second kappa shape index (κ2) is 8.00. The van der Waals surface area contributed by atoms with Crippen LogP contribution >= 0.6 is 11.6 Å². The molecule has 0 saturated carbocycles. The van der Waals surface area contributed by atoms with Crippen LogP contribution < -0.4 is 5.32 Å². The van der Waals surface area contributed by atoms with Crippen molar-refractivity contribution in [3.8, 4) is 5.75 Å². The number of halogens is 4. The highest BCUT2D eigenvalue weighted by Gasteiger charge is 2.34. The summed E-state index contributed by atoms with van der Waals surface area (Å²) >= 11 is 5.58. The molecule has 3 aromatic rings. The van der Waals surface area contributed by atoms with E-state index < -0.39 is 35.9 Å². The van der Waals surface area contributed by atoms with Crippen molar-refractivity contribution in [1.82, 2.24) is 0 Å². The van der Waals surface area contributed by atoms with Gasteiger partial charge < -0.3 is 15.2 Å². The summed E-state index contributed by atoms with van der Waals surface area (Å²) in [5.74, 6) is -2.31. The number of carbonyl (C=O) groups is 2. The minimum Gasteiger partial charge on any atom is -0.507 e. The van der Waals surface area contributed by atoms with Crippen LogP contribution in [0.25, 0.3) is 10.8 Å². The SMILES string of the molecule is O=C(COC(=O)c1cc2ccccc2cc1O)Nc1ccc(Cl)cc1C(F)(F)F. The molecule has 150 valence electrons. The Labute approximate surface area is 167 Å². The molecule has 0 aliphatic heterocycles. The van der Waals surface area contributed by atoms with Gasteiger partial charge in [0.25, 0.3) is 5.91 Å². The summed E-state index contributed by atoms with van der Waals surface area (Å²) in [5.41, 5.74) is -1.81. The van der Waals surface area contributed by atoms with Gasteiger partial charge in [0.1, 0.15) is 11.3 Å². The van der Waals surface area contributed by atoms with Crippen LogP contribution in [0.1, 0.15) is 15.9 Å². The summed E-state index contributed by atoms with van der Waals surface area (Å²) in [6, 6.07) is 12.6. The van der Waals surface area contributed by atoms with Crippen molar-refractivity contribution in [3.05, 3.63) is 70.7 Å². The van der Waals surface area contributed by atoms with E-state index in [1.807, 2.05) is 5.32 Å². The molecule has 0 saturated heterocycles. The number of anilines is 1. The molecule has 0 aliphatic carbocycles. The van der Waals surface area contributed by atoms with Gasteiger partial charge in [0.15, 0.2) is 6.61 Å². The van der Waals surface area contributed by atoms with Gasteiger partial charge in [-0.2, -0.15) is 13.2 Å². The number of carbonyl (C=O) groups excluding carboxylic acids is 2. The molecule has 2 N–H and O–H groups in total. The van der Waals surface area contributed by atoms with Crippen molar-refractivity contribution >= 4 is 39.9 Å². The molecule has 0 bridgehead atoms. The van der Waals surface area contributed by atoms with Crippen LogP contribution in [0.4, 0.5) is 18.9 Å². The van der Waals surface area contributed by atoms with Crippen LogP contribution in [0.15, 0.2) is 54.6 Å². The van der Waals surface area contributed by atoms with Gasteiger partial charge in [-0.1, -0.05) is 35.9 Å². The summed E-state index contributed by atoms with van der Waals surface area (Å²) in [5, 5.41) is 13.2. The molecule has 0 heterocycles. The summed E-state index contributed by atoms with van der Waals surface area (Å²) < 4.78 is 44.0. The Morgan fingerprint density at radius 1 is 1.03 bits per heavy atom. The van der Waals surface area contributed by atoms with Crippen molar-refractivity contribution in [1.29, 1.82) is 0 Å². The third-order valence-electron chi connectivity index (χ3n) is 3.98. The minimum absolute atomic E-state index is 0.145. The zero-order valence-electron chi connectivity index (χ0n) is 14.6. The monoisotopic (exact) mass is 423 g/mol. The van der Waals surface area contributed by atoms with Gasteiger partial charge in [0.05, 0.1) is 11.3 Å². The van der Waals surface area contributed by atoms with E-state index in [0.29, 0.717) is 16.8 Å². The van der Waals surface area contributed by atoms with Crippen molar-refractivity contribution < 1.29 is 32.6 Å². The average molecular weight is 424 g/mol. The van der Waals surface area contributed by atoms with Crippen LogP contribution in [-0.2, 0) is 15.7 Å². The number of fused-ring (bicyclic) bond motifs is 1. The van der Waals surface area contributed by atoms with Gasteiger partial charge in [-0.3, -0.25) is 4.79 Å². The molecule has 9 heteroatoms. The standard InChI is InChI=1S/C20H13ClF3NO4/c21-13-5-6-16(15(9-13)20(22,23)24)25-18(27)10-29-19(28)14-7-11-3-1-2-4-12(11)8-17(14)26/h1-9,26H,10H2,(H,25,27). The molecule has 3 aromatic carbocycles. The molecule has 0 aliphatic rings. The summed E-state index contributed by atoms with van der Waals surface area (Å²) in [4.78, 5) is 24.1. The molecule has 5 nitrogen and oxygen atoms in total. The van der Waals surface area contributed by atoms with Crippen molar-refractivity contribution in [2.75, 3.05) is 11.9 Å². The van der Waals surface area contributed by atoms with E-state index in [2.05, 4.69) is 0 Å². The molecule has 0 unspecified atom stereocenters. The summed E-state index contributed by atoms with van der Waals surface area (Å²) in [6.07, 6.45) is -4.74. The molecule has 0 fully saturated rings. The smallest absolute Gasteiger partial charge is 0.418 e.